The van der Waals surface area contributed by atoms with E-state index in [0.29, 0.717) is 18.7 Å². The van der Waals surface area contributed by atoms with E-state index in [2.05, 4.69) is 20.3 Å². The van der Waals surface area contributed by atoms with Crippen LogP contribution in [0, 0.1) is 13.8 Å². The number of H-pyrrole nitrogens is 1. The van der Waals surface area contributed by atoms with Crippen LogP contribution in [0.3, 0.4) is 0 Å². The number of aryl methyl sites for hydroxylation is 2. The first kappa shape index (κ1) is 18.1. The van der Waals surface area contributed by atoms with Crippen molar-refractivity contribution in [1.29, 1.82) is 0 Å². The summed E-state index contributed by atoms with van der Waals surface area (Å²) in [5.74, 6) is 0.0314. The molecule has 0 saturated heterocycles. The van der Waals surface area contributed by atoms with Gasteiger partial charge in [-0.2, -0.15) is 0 Å². The summed E-state index contributed by atoms with van der Waals surface area (Å²) in [5, 5.41) is 6.11. The van der Waals surface area contributed by atoms with Gasteiger partial charge in [0.25, 0.3) is 11.5 Å². The Labute approximate surface area is 164 Å². The number of carbonyl (C=O) groups is 1. The van der Waals surface area contributed by atoms with Gasteiger partial charge in [0.05, 0.1) is 22.6 Å². The zero-order valence-corrected chi connectivity index (χ0v) is 16.2. The molecule has 3 aromatic heterocycles. The van der Waals surface area contributed by atoms with Gasteiger partial charge in [-0.15, -0.1) is 11.3 Å². The van der Waals surface area contributed by atoms with E-state index in [4.69, 9.17) is 4.42 Å². The average Bonchev–Trinajstić information content (AvgIpc) is 3.25. The van der Waals surface area contributed by atoms with Gasteiger partial charge in [-0.3, -0.25) is 9.59 Å². The Kier molecular flexibility index (Phi) is 4.79. The Hall–Kier alpha value is -3.26. The molecule has 1 aromatic carbocycles. The van der Waals surface area contributed by atoms with Gasteiger partial charge in [-0.1, -0.05) is 24.3 Å². The molecule has 0 aliphatic carbocycles. The number of nitrogens with zero attached hydrogens (tertiary/aromatic N) is 2. The summed E-state index contributed by atoms with van der Waals surface area (Å²) >= 11 is 1.63. The maximum Gasteiger partial charge on any atom is 0.262 e. The number of carbonyl (C=O) groups excluding carboxylic acids is 1. The first-order valence-corrected chi connectivity index (χ1v) is 9.67. The van der Waals surface area contributed by atoms with Gasteiger partial charge in [-0.05, 0) is 25.8 Å². The van der Waals surface area contributed by atoms with Crippen molar-refractivity contribution in [2.24, 2.45) is 0 Å². The highest BCUT2D eigenvalue weighted by Gasteiger charge is 2.21. The summed E-state index contributed by atoms with van der Waals surface area (Å²) in [5.41, 5.74) is 3.16. The molecule has 0 saturated carbocycles. The monoisotopic (exact) mass is 394 g/mol. The lowest BCUT2D eigenvalue weighted by molar-refractivity contribution is 0.0954. The second-order valence-corrected chi connectivity index (χ2v) is 7.46. The number of thiazole rings is 1. The minimum Gasteiger partial charge on any atom is -0.442 e. The van der Waals surface area contributed by atoms with Crippen LogP contribution in [-0.4, -0.2) is 27.4 Å². The molecular weight excluding hydrogens is 376 g/mol. The number of hydrogen-bond donors (Lipinski definition) is 2. The number of aromatic amines is 1. The molecule has 2 N–H and O–H groups in total. The zero-order valence-electron chi connectivity index (χ0n) is 15.4. The van der Waals surface area contributed by atoms with Crippen LogP contribution in [0.15, 0.2) is 45.2 Å². The lowest BCUT2D eigenvalue weighted by Gasteiger charge is -2.06. The highest BCUT2D eigenvalue weighted by molar-refractivity contribution is 7.09. The Morgan fingerprint density at radius 2 is 2.04 bits per heavy atom. The van der Waals surface area contributed by atoms with E-state index in [-0.39, 0.29) is 28.1 Å². The van der Waals surface area contributed by atoms with Crippen molar-refractivity contribution in [3.63, 3.8) is 0 Å². The number of hydrogen-bond acceptors (Lipinski definition) is 6. The van der Waals surface area contributed by atoms with Crippen molar-refractivity contribution >= 4 is 28.3 Å². The van der Waals surface area contributed by atoms with Crippen molar-refractivity contribution in [1.82, 2.24) is 20.3 Å². The van der Waals surface area contributed by atoms with E-state index in [1.807, 2.05) is 36.6 Å². The van der Waals surface area contributed by atoms with Crippen molar-refractivity contribution in [3.05, 3.63) is 68.2 Å². The number of benzene rings is 1. The largest absolute Gasteiger partial charge is 0.442 e. The Morgan fingerprint density at radius 3 is 2.75 bits per heavy atom. The summed E-state index contributed by atoms with van der Waals surface area (Å²) in [7, 11) is 0. The second kappa shape index (κ2) is 7.40. The smallest absolute Gasteiger partial charge is 0.262 e. The van der Waals surface area contributed by atoms with Crippen LogP contribution in [-0.2, 0) is 6.42 Å². The Balaban J connectivity index is 1.42. The van der Waals surface area contributed by atoms with Gasteiger partial charge >= 0.3 is 0 Å². The van der Waals surface area contributed by atoms with Gasteiger partial charge in [0, 0.05) is 17.5 Å². The molecule has 0 bridgehead atoms. The first-order chi connectivity index (χ1) is 13.5. The highest BCUT2D eigenvalue weighted by atomic mass is 32.1. The molecule has 0 atom stereocenters. The summed E-state index contributed by atoms with van der Waals surface area (Å²) in [6.45, 7) is 4.08. The molecule has 3 heterocycles. The number of amides is 1. The van der Waals surface area contributed by atoms with E-state index >= 15 is 0 Å². The maximum atomic E-state index is 12.6. The minimum atomic E-state index is -0.389. The van der Waals surface area contributed by atoms with Gasteiger partial charge in [0.2, 0.25) is 5.71 Å². The summed E-state index contributed by atoms with van der Waals surface area (Å²) < 4.78 is 5.43. The molecule has 0 aliphatic rings. The third-order valence-corrected chi connectivity index (χ3v) is 5.24. The fourth-order valence-electron chi connectivity index (χ4n) is 3.07. The molecule has 28 heavy (non-hydrogen) atoms. The van der Waals surface area contributed by atoms with E-state index < -0.39 is 0 Å². The fraction of sp³-hybridized carbons (Fsp3) is 0.200. The number of nitrogens with one attached hydrogen (secondary N) is 2. The predicted molar refractivity (Wildman–Crippen MR) is 108 cm³/mol. The highest BCUT2D eigenvalue weighted by Crippen LogP contribution is 2.22. The van der Waals surface area contributed by atoms with Crippen LogP contribution in [0.1, 0.15) is 26.7 Å². The van der Waals surface area contributed by atoms with Crippen molar-refractivity contribution in [2.75, 3.05) is 6.54 Å². The number of furan rings is 1. The number of fused-ring (bicyclic) bond motifs is 1. The first-order valence-electron chi connectivity index (χ1n) is 8.79. The average molecular weight is 394 g/mol. The Morgan fingerprint density at radius 1 is 1.25 bits per heavy atom. The molecule has 8 heteroatoms. The van der Waals surface area contributed by atoms with Crippen LogP contribution in [0.4, 0.5) is 0 Å². The molecule has 0 radical (unpaired) electrons. The van der Waals surface area contributed by atoms with Crippen LogP contribution >= 0.6 is 11.3 Å². The van der Waals surface area contributed by atoms with Gasteiger partial charge in [-0.25, -0.2) is 9.97 Å². The quantitative estimate of drug-likeness (QED) is 0.541. The fourth-order valence-corrected chi connectivity index (χ4v) is 3.70. The maximum absolute atomic E-state index is 12.6. The molecular formula is C20H18N4O3S. The molecule has 0 fully saturated rings. The standard InChI is InChI=1S/C20H18N4O3S/c1-11-16(17-19(26)22-10-23-20(17)27-11)18(25)21-8-7-13-3-5-14(6-4-13)15-9-28-12(2)24-15/h3-6,9-10H,7-8H2,1-2H3,(H,21,25)(H,22,23,26). The summed E-state index contributed by atoms with van der Waals surface area (Å²) in [6.07, 6.45) is 1.93. The van der Waals surface area contributed by atoms with E-state index in [9.17, 15) is 9.59 Å². The van der Waals surface area contributed by atoms with Crippen LogP contribution < -0.4 is 10.9 Å². The summed E-state index contributed by atoms with van der Waals surface area (Å²) in [4.78, 5) is 35.5. The van der Waals surface area contributed by atoms with E-state index in [1.165, 1.54) is 6.33 Å². The molecule has 7 nitrogen and oxygen atoms in total. The van der Waals surface area contributed by atoms with Gasteiger partial charge in [0.1, 0.15) is 11.1 Å². The van der Waals surface area contributed by atoms with Crippen LogP contribution in [0.25, 0.3) is 22.4 Å². The molecule has 0 unspecified atom stereocenters. The number of aromatic nitrogens is 3. The molecule has 0 aliphatic heterocycles. The zero-order chi connectivity index (χ0) is 19.7. The minimum absolute atomic E-state index is 0.166. The number of rotatable bonds is 5. The molecule has 142 valence electrons. The molecule has 4 aromatic rings. The molecule has 0 spiro atoms. The van der Waals surface area contributed by atoms with E-state index in [1.54, 1.807) is 18.3 Å². The lowest BCUT2D eigenvalue weighted by Crippen LogP contribution is -2.27. The molecule has 1 amide bonds. The third-order valence-electron chi connectivity index (χ3n) is 4.47. The topological polar surface area (TPSA) is 101 Å². The second-order valence-electron chi connectivity index (χ2n) is 6.40. The van der Waals surface area contributed by atoms with Crippen molar-refractivity contribution in [3.8, 4) is 11.3 Å². The predicted octanol–water partition coefficient (Wildman–Crippen LogP) is 3.23. The molecule has 4 rings (SSSR count). The normalized spacial score (nSPS) is 11.1. The van der Waals surface area contributed by atoms with Crippen LogP contribution in [0.5, 0.6) is 0 Å². The third kappa shape index (κ3) is 3.46. The Bertz CT molecular complexity index is 1200. The van der Waals surface area contributed by atoms with Gasteiger partial charge < -0.3 is 14.7 Å². The van der Waals surface area contributed by atoms with Crippen molar-refractivity contribution < 1.29 is 9.21 Å². The van der Waals surface area contributed by atoms with Crippen LogP contribution in [0.2, 0.25) is 0 Å². The van der Waals surface area contributed by atoms with Gasteiger partial charge in [0.15, 0.2) is 0 Å². The van der Waals surface area contributed by atoms with Crippen molar-refractivity contribution in [2.45, 2.75) is 20.3 Å². The summed E-state index contributed by atoms with van der Waals surface area (Å²) in [6, 6.07) is 8.13. The SMILES string of the molecule is Cc1nc(-c2ccc(CCNC(=O)c3c(C)oc4nc[nH]c(=O)c34)cc2)cs1. The lowest BCUT2D eigenvalue weighted by atomic mass is 10.1. The van der Waals surface area contributed by atoms with E-state index in [0.717, 1.165) is 21.8 Å².